The molecular weight excluding hydrogens is 178 g/mol. The van der Waals surface area contributed by atoms with Crippen molar-refractivity contribution < 1.29 is 9.90 Å². The second-order valence-corrected chi connectivity index (χ2v) is 2.77. The number of allylic oxidation sites excluding steroid dienone is 1. The van der Waals surface area contributed by atoms with Crippen molar-refractivity contribution in [3.63, 3.8) is 0 Å². The maximum Gasteiger partial charge on any atom is 0.227 e. The van der Waals surface area contributed by atoms with Gasteiger partial charge >= 0.3 is 0 Å². The van der Waals surface area contributed by atoms with Gasteiger partial charge in [0, 0.05) is 11.8 Å². The van der Waals surface area contributed by atoms with Crippen LogP contribution in [0.15, 0.2) is 23.4 Å². The van der Waals surface area contributed by atoms with Crippen LogP contribution < -0.4 is 0 Å². The molecule has 1 aromatic rings. The summed E-state index contributed by atoms with van der Waals surface area (Å²) in [6.45, 7) is 0. The quantitative estimate of drug-likeness (QED) is 0.663. The predicted molar refractivity (Wildman–Crippen MR) is 44.0 cm³/mol. The molecule has 4 heteroatoms. The van der Waals surface area contributed by atoms with Gasteiger partial charge in [-0.3, -0.25) is 9.78 Å². The molecule has 0 saturated heterocycles. The molecule has 1 aromatic heterocycles. The van der Waals surface area contributed by atoms with E-state index in [0.717, 1.165) is 0 Å². The van der Waals surface area contributed by atoms with Crippen molar-refractivity contribution in [2.45, 2.75) is 0 Å². The highest BCUT2D eigenvalue weighted by Gasteiger charge is 2.29. The summed E-state index contributed by atoms with van der Waals surface area (Å²) in [5.41, 5.74) is 0.632. The van der Waals surface area contributed by atoms with Crippen LogP contribution in [0.5, 0.6) is 0 Å². The minimum Gasteiger partial charge on any atom is -0.506 e. The zero-order chi connectivity index (χ0) is 8.72. The largest absolute Gasteiger partial charge is 0.506 e. The number of hydrogen-bond acceptors (Lipinski definition) is 3. The van der Waals surface area contributed by atoms with Gasteiger partial charge in [0.15, 0.2) is 0 Å². The number of hydrogen-bond donors (Lipinski definition) is 1. The van der Waals surface area contributed by atoms with Gasteiger partial charge in [-0.2, -0.15) is 0 Å². The topological polar surface area (TPSA) is 50.2 Å². The van der Waals surface area contributed by atoms with Gasteiger partial charge < -0.3 is 5.11 Å². The van der Waals surface area contributed by atoms with Gasteiger partial charge in [0.2, 0.25) is 5.78 Å². The zero-order valence-corrected chi connectivity index (χ0v) is 6.67. The van der Waals surface area contributed by atoms with Crippen LogP contribution in [-0.4, -0.2) is 15.9 Å². The van der Waals surface area contributed by atoms with E-state index in [1.807, 2.05) is 0 Å². The first-order valence-corrected chi connectivity index (χ1v) is 3.68. The van der Waals surface area contributed by atoms with Crippen LogP contribution in [0.4, 0.5) is 0 Å². The number of aromatic nitrogens is 1. The van der Waals surface area contributed by atoms with Gasteiger partial charge in [-0.25, -0.2) is 0 Å². The van der Waals surface area contributed by atoms with Crippen LogP contribution >= 0.6 is 11.6 Å². The smallest absolute Gasteiger partial charge is 0.227 e. The molecule has 2 rings (SSSR count). The summed E-state index contributed by atoms with van der Waals surface area (Å²) in [5, 5.41) is 9.16. The van der Waals surface area contributed by atoms with Gasteiger partial charge in [-0.05, 0) is 12.1 Å². The number of ketones is 1. The van der Waals surface area contributed by atoms with Crippen molar-refractivity contribution in [2.75, 3.05) is 0 Å². The first-order chi connectivity index (χ1) is 5.72. The summed E-state index contributed by atoms with van der Waals surface area (Å²) in [6.07, 6.45) is 1.49. The van der Waals surface area contributed by atoms with Crippen molar-refractivity contribution in [3.8, 4) is 0 Å². The van der Waals surface area contributed by atoms with E-state index in [2.05, 4.69) is 4.98 Å². The molecule has 0 atom stereocenters. The van der Waals surface area contributed by atoms with Gasteiger partial charge in [0.1, 0.15) is 16.5 Å². The van der Waals surface area contributed by atoms with Crippen molar-refractivity contribution in [1.29, 1.82) is 0 Å². The summed E-state index contributed by atoms with van der Waals surface area (Å²) < 4.78 is 0. The highest BCUT2D eigenvalue weighted by atomic mass is 35.5. The number of halogens is 1. The lowest BCUT2D eigenvalue weighted by Crippen LogP contribution is -1.97. The van der Waals surface area contributed by atoms with E-state index in [-0.39, 0.29) is 16.5 Å². The van der Waals surface area contributed by atoms with Gasteiger partial charge in [-0.15, -0.1) is 0 Å². The third kappa shape index (κ3) is 0.769. The second kappa shape index (κ2) is 2.32. The molecule has 0 amide bonds. The van der Waals surface area contributed by atoms with Crippen LogP contribution in [0.3, 0.4) is 0 Å². The highest BCUT2D eigenvalue weighted by Crippen LogP contribution is 2.30. The zero-order valence-electron chi connectivity index (χ0n) is 5.91. The second-order valence-electron chi connectivity index (χ2n) is 2.39. The van der Waals surface area contributed by atoms with E-state index >= 15 is 0 Å². The van der Waals surface area contributed by atoms with Gasteiger partial charge in [0.25, 0.3) is 0 Å². The third-order valence-corrected chi connectivity index (χ3v) is 2.04. The number of carbonyl (C=O) groups excluding carboxylic acids is 1. The monoisotopic (exact) mass is 181 g/mol. The van der Waals surface area contributed by atoms with Crippen LogP contribution in [0.1, 0.15) is 16.1 Å². The normalized spacial score (nSPS) is 15.2. The molecule has 0 spiro atoms. The Hall–Kier alpha value is -1.35. The number of nitrogens with zero attached hydrogens (tertiary/aromatic N) is 1. The number of pyridine rings is 1. The average molecular weight is 182 g/mol. The van der Waals surface area contributed by atoms with Crippen molar-refractivity contribution in [1.82, 2.24) is 4.98 Å². The number of Topliss-reactive ketones (excluding diaryl/α,β-unsaturated/α-hetero) is 1. The Bertz CT molecular complexity index is 398. The number of carbonyl (C=O) groups is 1. The maximum atomic E-state index is 11.2. The number of fused-ring (bicyclic) bond motifs is 1. The molecule has 0 aliphatic heterocycles. The lowest BCUT2D eigenvalue weighted by Gasteiger charge is -1.93. The van der Waals surface area contributed by atoms with Gasteiger partial charge in [0.05, 0.1) is 0 Å². The minimum atomic E-state index is -0.412. The Morgan fingerprint density at radius 3 is 2.92 bits per heavy atom. The van der Waals surface area contributed by atoms with E-state index < -0.39 is 5.78 Å². The van der Waals surface area contributed by atoms with E-state index in [0.29, 0.717) is 5.56 Å². The fourth-order valence-corrected chi connectivity index (χ4v) is 1.30. The fraction of sp³-hybridized carbons (Fsp3) is 0. The lowest BCUT2D eigenvalue weighted by molar-refractivity contribution is 0.104. The summed E-state index contributed by atoms with van der Waals surface area (Å²) in [4.78, 5) is 15.0. The van der Waals surface area contributed by atoms with E-state index in [4.69, 9.17) is 11.6 Å². The summed E-state index contributed by atoms with van der Waals surface area (Å²) >= 11 is 5.52. The number of aliphatic hydroxyl groups is 1. The molecule has 12 heavy (non-hydrogen) atoms. The molecule has 1 N–H and O–H groups in total. The number of aliphatic hydroxyl groups excluding tert-OH is 1. The predicted octanol–water partition coefficient (Wildman–Crippen LogP) is 1.74. The van der Waals surface area contributed by atoms with Crippen molar-refractivity contribution in [3.05, 3.63) is 34.6 Å². The molecule has 0 aromatic carbocycles. The molecule has 1 aliphatic rings. The standard InChI is InChI=1S/C8H4ClNO2/c9-5-7(11)4-2-1-3-10-6(4)8(5)12/h1-3,11H. The minimum absolute atomic E-state index is 0.149. The van der Waals surface area contributed by atoms with Crippen LogP contribution in [-0.2, 0) is 0 Å². The molecule has 60 valence electrons. The number of rotatable bonds is 0. The summed E-state index contributed by atoms with van der Waals surface area (Å²) in [7, 11) is 0. The summed E-state index contributed by atoms with van der Waals surface area (Å²) in [5.74, 6) is -0.588. The van der Waals surface area contributed by atoms with Crippen LogP contribution in [0.25, 0.3) is 5.76 Å². The SMILES string of the molecule is O=C1C(Cl)=C(O)c2cccnc21. The van der Waals surface area contributed by atoms with E-state index in [9.17, 15) is 9.90 Å². The van der Waals surface area contributed by atoms with Crippen molar-refractivity contribution >= 4 is 23.1 Å². The Labute approximate surface area is 73.3 Å². The molecule has 1 aliphatic carbocycles. The molecule has 0 radical (unpaired) electrons. The first kappa shape index (κ1) is 7.31. The van der Waals surface area contributed by atoms with Gasteiger partial charge in [-0.1, -0.05) is 11.6 Å². The Morgan fingerprint density at radius 1 is 1.50 bits per heavy atom. The first-order valence-electron chi connectivity index (χ1n) is 3.30. The molecule has 3 nitrogen and oxygen atoms in total. The van der Waals surface area contributed by atoms with Crippen LogP contribution in [0, 0.1) is 0 Å². The third-order valence-electron chi connectivity index (χ3n) is 1.69. The Kier molecular flexibility index (Phi) is 1.41. The van der Waals surface area contributed by atoms with Crippen molar-refractivity contribution in [2.24, 2.45) is 0 Å². The molecule has 1 heterocycles. The fourth-order valence-electron chi connectivity index (χ4n) is 1.11. The lowest BCUT2D eigenvalue weighted by atomic mass is 10.2. The molecule has 0 unspecified atom stereocenters. The van der Waals surface area contributed by atoms with Crippen LogP contribution in [0.2, 0.25) is 0 Å². The summed E-state index contributed by atoms with van der Waals surface area (Å²) in [6, 6.07) is 3.24. The average Bonchev–Trinajstić information content (AvgIpc) is 2.33. The van der Waals surface area contributed by atoms with E-state index in [1.54, 1.807) is 12.1 Å². The Balaban J connectivity index is 2.73. The Morgan fingerprint density at radius 2 is 2.25 bits per heavy atom. The molecule has 0 fully saturated rings. The molecule has 0 saturated carbocycles. The maximum absolute atomic E-state index is 11.2. The van der Waals surface area contributed by atoms with E-state index in [1.165, 1.54) is 6.20 Å². The molecule has 0 bridgehead atoms. The molecular formula is C8H4ClNO2. The highest BCUT2D eigenvalue weighted by molar-refractivity contribution is 6.49.